The summed E-state index contributed by atoms with van der Waals surface area (Å²) < 4.78 is 0. The van der Waals surface area contributed by atoms with Gasteiger partial charge in [0, 0.05) is 6.54 Å². The summed E-state index contributed by atoms with van der Waals surface area (Å²) >= 11 is 0. The van der Waals surface area contributed by atoms with Gasteiger partial charge >= 0.3 is 6.41 Å². The fraction of sp³-hybridized carbons (Fsp3) is 0.667. The van der Waals surface area contributed by atoms with Crippen LogP contribution in [0.5, 0.6) is 0 Å². The van der Waals surface area contributed by atoms with Gasteiger partial charge in [-0.05, 0) is 6.92 Å². The second-order valence-electron chi connectivity index (χ2n) is 0.877. The van der Waals surface area contributed by atoms with E-state index in [1.54, 1.807) is 6.92 Å². The molecule has 0 spiro atoms. The van der Waals surface area contributed by atoms with Crippen molar-refractivity contribution in [2.75, 3.05) is 6.54 Å². The van der Waals surface area contributed by atoms with Crippen molar-refractivity contribution in [3.8, 4) is 0 Å². The molecule has 6 heavy (non-hydrogen) atoms. The summed E-state index contributed by atoms with van der Waals surface area (Å²) in [6.07, 6.45) is 1.48. The van der Waals surface area contributed by atoms with Crippen LogP contribution >= 0.6 is 0 Å². The Morgan fingerprint density at radius 1 is 2.00 bits per heavy atom. The van der Waals surface area contributed by atoms with Crippen molar-refractivity contribution in [3.05, 3.63) is 0 Å². The molecule has 0 saturated carbocycles. The smallest absolute Gasteiger partial charge is 0.273 e. The lowest BCUT2D eigenvalue weighted by atomic mass is 10.7. The van der Waals surface area contributed by atoms with Crippen molar-refractivity contribution < 1.29 is 4.79 Å². The Balaban J connectivity index is 2.96. The topological polar surface area (TPSA) is 46.3 Å². The lowest BCUT2D eigenvalue weighted by Gasteiger charge is -1.99. The molecule has 35 valence electrons. The zero-order chi connectivity index (χ0) is 4.99. The minimum absolute atomic E-state index is 0.517. The van der Waals surface area contributed by atoms with Crippen LogP contribution < -0.4 is 5.84 Å². The molecule has 1 radical (unpaired) electrons. The maximum absolute atomic E-state index is 9.41. The van der Waals surface area contributed by atoms with E-state index in [2.05, 4.69) is 0 Å². The van der Waals surface area contributed by atoms with Gasteiger partial charge in [-0.1, -0.05) is 0 Å². The van der Waals surface area contributed by atoms with Crippen LogP contribution in [-0.4, -0.2) is 18.0 Å². The predicted molar refractivity (Wildman–Crippen MR) is 22.3 cm³/mol. The highest BCUT2D eigenvalue weighted by molar-refractivity contribution is 5.46. The highest BCUT2D eigenvalue weighted by Crippen LogP contribution is 1.60. The van der Waals surface area contributed by atoms with E-state index in [9.17, 15) is 4.79 Å². The summed E-state index contributed by atoms with van der Waals surface area (Å²) in [5.41, 5.74) is 0. The summed E-state index contributed by atoms with van der Waals surface area (Å²) in [4.78, 5) is 9.41. The van der Waals surface area contributed by atoms with Gasteiger partial charge in [0.2, 0.25) is 0 Å². The standard InChI is InChI=1S/C3H7N2O/c1-2-5(4)3-6/h2,4H2,1H3. The summed E-state index contributed by atoms with van der Waals surface area (Å²) in [6, 6.07) is 0. The largest absolute Gasteiger partial charge is 0.327 e. The Morgan fingerprint density at radius 3 is 2.50 bits per heavy atom. The van der Waals surface area contributed by atoms with Gasteiger partial charge in [-0.25, -0.2) is 5.84 Å². The summed E-state index contributed by atoms with van der Waals surface area (Å²) in [5, 5.41) is 0.944. The molecule has 0 aliphatic rings. The molecular formula is C3H7N2O. The number of rotatable bonds is 2. The molecule has 0 rings (SSSR count). The number of amides is 1. The Bertz CT molecular complexity index is 46.1. The molecule has 0 heterocycles. The van der Waals surface area contributed by atoms with E-state index in [-0.39, 0.29) is 0 Å². The molecule has 0 atom stereocenters. The molecule has 3 nitrogen and oxygen atoms in total. The van der Waals surface area contributed by atoms with Gasteiger partial charge in [-0.15, -0.1) is 0 Å². The normalized spacial score (nSPS) is 7.67. The van der Waals surface area contributed by atoms with E-state index in [0.29, 0.717) is 6.54 Å². The number of carbonyl (C=O) groups excluding carboxylic acids is 1. The van der Waals surface area contributed by atoms with Crippen LogP contribution in [0.1, 0.15) is 6.92 Å². The Labute approximate surface area is 36.7 Å². The van der Waals surface area contributed by atoms with Crippen molar-refractivity contribution >= 4 is 6.41 Å². The van der Waals surface area contributed by atoms with Crippen molar-refractivity contribution in [1.82, 2.24) is 5.01 Å². The summed E-state index contributed by atoms with van der Waals surface area (Å²) in [7, 11) is 0. The SMILES string of the molecule is CCN(N)[C]=O. The number of nitrogens with two attached hydrogens (primary N) is 1. The number of hydrogen-bond donors (Lipinski definition) is 1. The molecule has 0 aliphatic heterocycles. The average Bonchev–Trinajstić information content (AvgIpc) is 1.65. The van der Waals surface area contributed by atoms with Gasteiger partial charge < -0.3 is 0 Å². The molecule has 0 aromatic carbocycles. The van der Waals surface area contributed by atoms with Crippen LogP contribution in [0.15, 0.2) is 0 Å². The van der Waals surface area contributed by atoms with Gasteiger partial charge in [-0.2, -0.15) is 0 Å². The maximum atomic E-state index is 9.41. The molecule has 0 fully saturated rings. The van der Waals surface area contributed by atoms with Crippen molar-refractivity contribution in [1.29, 1.82) is 0 Å². The van der Waals surface area contributed by atoms with Crippen LogP contribution in [0, 0.1) is 0 Å². The first-order chi connectivity index (χ1) is 2.81. The first-order valence-electron chi connectivity index (χ1n) is 1.71. The zero-order valence-corrected chi connectivity index (χ0v) is 3.64. The lowest BCUT2D eigenvalue weighted by Crippen LogP contribution is -2.28. The van der Waals surface area contributed by atoms with Crippen LogP contribution in [-0.2, 0) is 4.79 Å². The molecule has 0 saturated heterocycles. The highest BCUT2D eigenvalue weighted by atomic mass is 16.1. The van der Waals surface area contributed by atoms with Gasteiger partial charge in [0.05, 0.1) is 0 Å². The van der Waals surface area contributed by atoms with Gasteiger partial charge in [-0.3, -0.25) is 9.80 Å². The van der Waals surface area contributed by atoms with E-state index in [0.717, 1.165) is 5.01 Å². The fourth-order valence-electron chi connectivity index (χ4n) is 0.0645. The van der Waals surface area contributed by atoms with Crippen LogP contribution in [0.4, 0.5) is 0 Å². The molecular weight excluding hydrogens is 80.0 g/mol. The molecule has 3 heteroatoms. The quantitative estimate of drug-likeness (QED) is 0.208. The van der Waals surface area contributed by atoms with Crippen LogP contribution in [0.25, 0.3) is 0 Å². The van der Waals surface area contributed by atoms with Gasteiger partial charge in [0.1, 0.15) is 0 Å². The lowest BCUT2D eigenvalue weighted by molar-refractivity contribution is 0.408. The number of hydrazine groups is 1. The van der Waals surface area contributed by atoms with Crippen molar-refractivity contribution in [2.45, 2.75) is 6.92 Å². The summed E-state index contributed by atoms with van der Waals surface area (Å²) in [6.45, 7) is 2.29. The maximum Gasteiger partial charge on any atom is 0.327 e. The van der Waals surface area contributed by atoms with Gasteiger partial charge in [0.25, 0.3) is 0 Å². The zero-order valence-electron chi connectivity index (χ0n) is 3.64. The first kappa shape index (κ1) is 5.43. The Kier molecular flexibility index (Phi) is 2.40. The van der Waals surface area contributed by atoms with Crippen molar-refractivity contribution in [3.63, 3.8) is 0 Å². The molecule has 0 aliphatic carbocycles. The van der Waals surface area contributed by atoms with E-state index in [1.807, 2.05) is 0 Å². The van der Waals surface area contributed by atoms with Gasteiger partial charge in [0.15, 0.2) is 0 Å². The molecule has 0 unspecified atom stereocenters. The van der Waals surface area contributed by atoms with Crippen LogP contribution in [0.2, 0.25) is 0 Å². The molecule has 0 aromatic heterocycles. The number of hydrogen-bond acceptors (Lipinski definition) is 2. The second-order valence-corrected chi connectivity index (χ2v) is 0.877. The first-order valence-corrected chi connectivity index (χ1v) is 1.71. The Morgan fingerprint density at radius 2 is 2.50 bits per heavy atom. The fourth-order valence-corrected chi connectivity index (χ4v) is 0.0645. The Hall–Kier alpha value is -0.570. The van der Waals surface area contributed by atoms with E-state index < -0.39 is 0 Å². The van der Waals surface area contributed by atoms with Crippen LogP contribution in [0.3, 0.4) is 0 Å². The predicted octanol–water partition coefficient (Wildman–Crippen LogP) is -0.751. The van der Waals surface area contributed by atoms with E-state index in [1.165, 1.54) is 6.41 Å². The highest BCUT2D eigenvalue weighted by Gasteiger charge is 1.82. The second kappa shape index (κ2) is 2.66. The monoisotopic (exact) mass is 87.1 g/mol. The summed E-state index contributed by atoms with van der Waals surface area (Å²) in [5.74, 6) is 4.88. The van der Waals surface area contributed by atoms with E-state index in [4.69, 9.17) is 5.84 Å². The van der Waals surface area contributed by atoms with E-state index >= 15 is 0 Å². The molecule has 1 amide bonds. The third kappa shape index (κ3) is 1.72. The molecule has 2 N–H and O–H groups in total. The van der Waals surface area contributed by atoms with Crippen molar-refractivity contribution in [2.24, 2.45) is 5.84 Å². The molecule has 0 bridgehead atoms. The average molecular weight is 87.1 g/mol. The third-order valence-electron chi connectivity index (χ3n) is 0.458. The molecule has 0 aromatic rings. The minimum Gasteiger partial charge on any atom is -0.273 e. The minimum atomic E-state index is 0.517. The number of nitrogens with zero attached hydrogens (tertiary/aromatic N) is 1. The third-order valence-corrected chi connectivity index (χ3v) is 0.458.